The minimum Gasteiger partial charge on any atom is -0.476 e. The molecule has 0 aromatic heterocycles. The second-order valence-electron chi connectivity index (χ2n) is 3.31. The summed E-state index contributed by atoms with van der Waals surface area (Å²) in [7, 11) is 0. The number of piperazine rings is 1. The van der Waals surface area contributed by atoms with Crippen LogP contribution in [0.25, 0.3) is 0 Å². The summed E-state index contributed by atoms with van der Waals surface area (Å²) in [4.78, 5) is 10.7. The largest absolute Gasteiger partial charge is 0.476 e. The summed E-state index contributed by atoms with van der Waals surface area (Å²) in [6.07, 6.45) is 0.850. The SMILES string of the molecule is O=C(O)C12C[NH2+]C(C[NH2+]1)C2. The third kappa shape index (κ3) is 0.602. The predicted octanol–water partition coefficient (Wildman–Crippen LogP) is -3.28. The van der Waals surface area contributed by atoms with Gasteiger partial charge in [0.25, 0.3) is 0 Å². The van der Waals surface area contributed by atoms with Crippen LogP contribution in [0.5, 0.6) is 0 Å². The van der Waals surface area contributed by atoms with E-state index in [1.165, 1.54) is 0 Å². The lowest BCUT2D eigenvalue weighted by atomic mass is 10.0. The molecule has 2 unspecified atom stereocenters. The third-order valence-electron chi connectivity index (χ3n) is 2.68. The Morgan fingerprint density at radius 2 is 2.50 bits per heavy atom. The Kier molecular flexibility index (Phi) is 1.04. The van der Waals surface area contributed by atoms with Crippen LogP contribution in [0.4, 0.5) is 0 Å². The van der Waals surface area contributed by atoms with Gasteiger partial charge in [0.1, 0.15) is 19.1 Å². The van der Waals surface area contributed by atoms with Gasteiger partial charge in [0.05, 0.1) is 6.42 Å². The maximum absolute atomic E-state index is 10.7. The van der Waals surface area contributed by atoms with Crippen LogP contribution >= 0.6 is 0 Å². The summed E-state index contributed by atoms with van der Waals surface area (Å²) in [6.45, 7) is 1.74. The summed E-state index contributed by atoms with van der Waals surface area (Å²) < 4.78 is 0. The Hall–Kier alpha value is -0.610. The van der Waals surface area contributed by atoms with Crippen LogP contribution < -0.4 is 10.6 Å². The number of carboxylic acids is 1. The van der Waals surface area contributed by atoms with E-state index < -0.39 is 11.5 Å². The lowest BCUT2D eigenvalue weighted by Gasteiger charge is -2.15. The van der Waals surface area contributed by atoms with Crippen molar-refractivity contribution in [2.75, 3.05) is 13.1 Å². The van der Waals surface area contributed by atoms with Gasteiger partial charge in [-0.05, 0) is 0 Å². The number of hydrogen-bond acceptors (Lipinski definition) is 1. The molecule has 0 aromatic carbocycles. The fraction of sp³-hybridized carbons (Fsp3) is 0.833. The highest BCUT2D eigenvalue weighted by molar-refractivity contribution is 5.77. The van der Waals surface area contributed by atoms with Gasteiger partial charge in [-0.2, -0.15) is 0 Å². The Morgan fingerprint density at radius 1 is 1.70 bits per heavy atom. The summed E-state index contributed by atoms with van der Waals surface area (Å²) in [5.41, 5.74) is -0.454. The van der Waals surface area contributed by atoms with Crippen molar-refractivity contribution in [3.8, 4) is 0 Å². The van der Waals surface area contributed by atoms with Gasteiger partial charge < -0.3 is 15.7 Å². The lowest BCUT2D eigenvalue weighted by Crippen LogP contribution is -3.09. The lowest BCUT2D eigenvalue weighted by molar-refractivity contribution is -0.804. The van der Waals surface area contributed by atoms with Crippen LogP contribution in [0.1, 0.15) is 6.42 Å². The topological polar surface area (TPSA) is 70.5 Å². The summed E-state index contributed by atoms with van der Waals surface area (Å²) in [5, 5.41) is 13.0. The molecule has 2 aliphatic heterocycles. The van der Waals surface area contributed by atoms with Crippen LogP contribution in [0, 0.1) is 0 Å². The minimum absolute atomic E-state index is 0.454. The van der Waals surface area contributed by atoms with E-state index in [1.54, 1.807) is 0 Å². The molecule has 56 valence electrons. The number of hydrogen-bond donors (Lipinski definition) is 3. The van der Waals surface area contributed by atoms with Crippen molar-refractivity contribution in [2.24, 2.45) is 0 Å². The maximum Gasteiger partial charge on any atom is 0.371 e. The van der Waals surface area contributed by atoms with Gasteiger partial charge in [-0.3, -0.25) is 0 Å². The molecule has 0 spiro atoms. The molecule has 5 N–H and O–H groups in total. The van der Waals surface area contributed by atoms with E-state index in [2.05, 4.69) is 5.32 Å². The molecule has 2 aliphatic rings. The molecular weight excluding hydrogens is 132 g/mol. The molecule has 0 radical (unpaired) electrons. The summed E-state index contributed by atoms with van der Waals surface area (Å²) >= 11 is 0. The van der Waals surface area contributed by atoms with Crippen LogP contribution in [-0.4, -0.2) is 35.7 Å². The predicted molar refractivity (Wildman–Crippen MR) is 32.4 cm³/mol. The Morgan fingerprint density at radius 3 is 2.70 bits per heavy atom. The average Bonchev–Trinajstić information content (AvgIpc) is 2.45. The van der Waals surface area contributed by atoms with E-state index in [-0.39, 0.29) is 0 Å². The molecular formula is C6H12N2O2+2. The molecule has 0 saturated carbocycles. The first kappa shape index (κ1) is 6.12. The van der Waals surface area contributed by atoms with Gasteiger partial charge in [0, 0.05) is 0 Å². The molecule has 10 heavy (non-hydrogen) atoms. The molecule has 2 rings (SSSR count). The normalized spacial score (nSPS) is 44.2. The highest BCUT2D eigenvalue weighted by Crippen LogP contribution is 2.13. The van der Waals surface area contributed by atoms with Gasteiger partial charge >= 0.3 is 5.97 Å². The van der Waals surface area contributed by atoms with E-state index >= 15 is 0 Å². The molecule has 0 amide bonds. The smallest absolute Gasteiger partial charge is 0.371 e. The maximum atomic E-state index is 10.7. The molecule has 2 fully saturated rings. The van der Waals surface area contributed by atoms with Crippen LogP contribution in [0.2, 0.25) is 0 Å². The van der Waals surface area contributed by atoms with Crippen molar-refractivity contribution >= 4 is 5.97 Å². The number of quaternary nitrogens is 2. The van der Waals surface area contributed by atoms with E-state index in [1.807, 2.05) is 5.32 Å². The van der Waals surface area contributed by atoms with E-state index in [0.717, 1.165) is 19.5 Å². The standard InChI is InChI=1S/C6H10N2O2/c9-5(10)6-1-4(2-8-6)7-3-6/h4,7-8H,1-3H2,(H,9,10)/p+2. The van der Waals surface area contributed by atoms with Gasteiger partial charge in [-0.25, -0.2) is 4.79 Å². The van der Waals surface area contributed by atoms with Crippen molar-refractivity contribution in [3.05, 3.63) is 0 Å². The van der Waals surface area contributed by atoms with Crippen molar-refractivity contribution in [3.63, 3.8) is 0 Å². The zero-order valence-electron chi connectivity index (χ0n) is 5.71. The Balaban J connectivity index is 2.23. The molecule has 0 aliphatic carbocycles. The molecule has 2 atom stereocenters. The van der Waals surface area contributed by atoms with Gasteiger partial charge in [-0.1, -0.05) is 0 Å². The zero-order chi connectivity index (χ0) is 7.19. The van der Waals surface area contributed by atoms with Crippen molar-refractivity contribution in [2.45, 2.75) is 18.0 Å². The summed E-state index contributed by atoms with van der Waals surface area (Å²) in [6, 6.07) is 0.566. The monoisotopic (exact) mass is 144 g/mol. The Labute approximate surface area is 58.6 Å². The molecule has 4 heteroatoms. The van der Waals surface area contributed by atoms with Gasteiger partial charge in [0.2, 0.25) is 5.54 Å². The fourth-order valence-corrected chi connectivity index (χ4v) is 2.00. The molecule has 4 nitrogen and oxygen atoms in total. The highest BCUT2D eigenvalue weighted by Gasteiger charge is 2.58. The quantitative estimate of drug-likeness (QED) is 0.361. The van der Waals surface area contributed by atoms with Gasteiger partial charge in [0.15, 0.2) is 0 Å². The highest BCUT2D eigenvalue weighted by atomic mass is 16.4. The Bertz CT molecular complexity index is 173. The molecule has 2 saturated heterocycles. The fourth-order valence-electron chi connectivity index (χ4n) is 2.00. The third-order valence-corrected chi connectivity index (χ3v) is 2.68. The number of nitrogens with two attached hydrogens (primary N) is 2. The number of fused-ring (bicyclic) bond motifs is 2. The van der Waals surface area contributed by atoms with Crippen molar-refractivity contribution < 1.29 is 20.5 Å². The number of aliphatic carboxylic acids is 1. The van der Waals surface area contributed by atoms with Crippen molar-refractivity contribution in [1.82, 2.24) is 0 Å². The minimum atomic E-state index is -0.635. The van der Waals surface area contributed by atoms with Crippen LogP contribution in [-0.2, 0) is 4.79 Å². The van der Waals surface area contributed by atoms with Gasteiger partial charge in [-0.15, -0.1) is 0 Å². The second kappa shape index (κ2) is 1.71. The first-order valence-electron chi connectivity index (χ1n) is 3.64. The first-order chi connectivity index (χ1) is 4.73. The summed E-state index contributed by atoms with van der Waals surface area (Å²) in [5.74, 6) is -0.635. The zero-order valence-corrected chi connectivity index (χ0v) is 5.71. The van der Waals surface area contributed by atoms with Crippen molar-refractivity contribution in [1.29, 1.82) is 0 Å². The first-order valence-corrected chi connectivity index (χ1v) is 3.64. The number of carbonyl (C=O) groups is 1. The van der Waals surface area contributed by atoms with Crippen LogP contribution in [0.3, 0.4) is 0 Å². The molecule has 0 aromatic rings. The van der Waals surface area contributed by atoms with E-state index in [4.69, 9.17) is 5.11 Å². The molecule has 2 bridgehead atoms. The van der Waals surface area contributed by atoms with Crippen LogP contribution in [0.15, 0.2) is 0 Å². The number of carboxylic acid groups (broad SMARTS) is 1. The number of rotatable bonds is 1. The second-order valence-corrected chi connectivity index (χ2v) is 3.31. The van der Waals surface area contributed by atoms with E-state index in [9.17, 15) is 4.79 Å². The average molecular weight is 144 g/mol. The molecule has 2 heterocycles. The van der Waals surface area contributed by atoms with E-state index in [0.29, 0.717) is 6.04 Å².